The summed E-state index contributed by atoms with van der Waals surface area (Å²) < 4.78 is 21.5. The molecule has 0 fully saturated rings. The minimum Gasteiger partial charge on any atom is -0.493 e. The molecule has 0 N–H and O–H groups in total. The van der Waals surface area contributed by atoms with Crippen LogP contribution >= 0.6 is 0 Å². The molecule has 0 spiro atoms. The highest BCUT2D eigenvalue weighted by molar-refractivity contribution is 5.47. The molecule has 0 aliphatic heterocycles. The van der Waals surface area contributed by atoms with Gasteiger partial charge in [-0.05, 0) is 29.8 Å². The fraction of sp³-hybridized carbons (Fsp3) is 0.235. The third kappa shape index (κ3) is 3.41. The summed E-state index contributed by atoms with van der Waals surface area (Å²) in [5, 5.41) is 8.96. The fourth-order valence-electron chi connectivity index (χ4n) is 1.99. The van der Waals surface area contributed by atoms with E-state index in [1.54, 1.807) is 39.5 Å². The number of hydrogen-bond acceptors (Lipinski definition) is 5. The molecule has 0 atom stereocenters. The molecule has 0 saturated heterocycles. The van der Waals surface area contributed by atoms with Crippen molar-refractivity contribution in [3.05, 3.63) is 47.5 Å². The largest absolute Gasteiger partial charge is 0.493 e. The summed E-state index contributed by atoms with van der Waals surface area (Å²) in [5.74, 6) is 2.41. The quantitative estimate of drug-likeness (QED) is 0.820. The van der Waals surface area contributed by atoms with E-state index < -0.39 is 0 Å². The van der Waals surface area contributed by atoms with Crippen molar-refractivity contribution in [1.29, 1.82) is 5.26 Å². The maximum atomic E-state index is 8.96. The molecule has 114 valence electrons. The van der Waals surface area contributed by atoms with Crippen molar-refractivity contribution in [1.82, 2.24) is 0 Å². The zero-order valence-corrected chi connectivity index (χ0v) is 12.8. The molecule has 5 heteroatoms. The fourth-order valence-corrected chi connectivity index (χ4v) is 1.99. The first-order valence-corrected chi connectivity index (χ1v) is 6.63. The van der Waals surface area contributed by atoms with E-state index in [1.165, 1.54) is 0 Å². The van der Waals surface area contributed by atoms with Crippen LogP contribution in [0.3, 0.4) is 0 Å². The number of nitriles is 1. The van der Waals surface area contributed by atoms with Crippen LogP contribution < -0.4 is 18.9 Å². The van der Waals surface area contributed by atoms with Gasteiger partial charge in [-0.15, -0.1) is 0 Å². The predicted octanol–water partition coefficient (Wildman–Crippen LogP) is 3.16. The molecule has 0 aliphatic carbocycles. The summed E-state index contributed by atoms with van der Waals surface area (Å²) in [6, 6.07) is 12.7. The Bertz CT molecular complexity index is 692. The van der Waals surface area contributed by atoms with Gasteiger partial charge in [0.1, 0.15) is 6.61 Å². The Morgan fingerprint density at radius 3 is 2.09 bits per heavy atom. The van der Waals surface area contributed by atoms with Gasteiger partial charge in [-0.2, -0.15) is 5.26 Å². The standard InChI is InChI=1S/C17H17NO4/c1-19-14-7-5-13(9-16(14)21-3)11-22-17-8-12(10-18)4-6-15(17)20-2/h4-9H,11H2,1-3H3. The molecule has 0 amide bonds. The zero-order chi connectivity index (χ0) is 15.9. The molecular weight excluding hydrogens is 282 g/mol. The summed E-state index contributed by atoms with van der Waals surface area (Å²) in [7, 11) is 4.73. The minimum absolute atomic E-state index is 0.325. The lowest BCUT2D eigenvalue weighted by molar-refractivity contribution is 0.283. The van der Waals surface area contributed by atoms with E-state index in [4.69, 9.17) is 24.2 Å². The summed E-state index contributed by atoms with van der Waals surface area (Å²) in [6.45, 7) is 0.325. The second-order valence-corrected chi connectivity index (χ2v) is 4.46. The van der Waals surface area contributed by atoms with Gasteiger partial charge < -0.3 is 18.9 Å². The summed E-state index contributed by atoms with van der Waals surface area (Å²) >= 11 is 0. The van der Waals surface area contributed by atoms with E-state index in [0.29, 0.717) is 35.2 Å². The van der Waals surface area contributed by atoms with Crippen LogP contribution in [0, 0.1) is 11.3 Å². The molecule has 22 heavy (non-hydrogen) atoms. The molecular formula is C17H17NO4. The predicted molar refractivity (Wildman–Crippen MR) is 81.6 cm³/mol. The van der Waals surface area contributed by atoms with Crippen molar-refractivity contribution >= 4 is 0 Å². The molecule has 2 aromatic rings. The van der Waals surface area contributed by atoms with Gasteiger partial charge in [0.2, 0.25) is 0 Å². The van der Waals surface area contributed by atoms with Gasteiger partial charge in [-0.25, -0.2) is 0 Å². The highest BCUT2D eigenvalue weighted by atomic mass is 16.5. The van der Waals surface area contributed by atoms with Crippen molar-refractivity contribution in [2.45, 2.75) is 6.61 Å². The van der Waals surface area contributed by atoms with Crippen LogP contribution in [-0.4, -0.2) is 21.3 Å². The van der Waals surface area contributed by atoms with Crippen LogP contribution in [0.1, 0.15) is 11.1 Å². The van der Waals surface area contributed by atoms with Crippen molar-refractivity contribution in [3.63, 3.8) is 0 Å². The van der Waals surface area contributed by atoms with E-state index in [2.05, 4.69) is 6.07 Å². The SMILES string of the molecule is COc1ccc(COc2cc(C#N)ccc2OC)cc1OC. The molecule has 0 aliphatic rings. The van der Waals surface area contributed by atoms with Crippen molar-refractivity contribution < 1.29 is 18.9 Å². The van der Waals surface area contributed by atoms with Crippen LogP contribution in [0.5, 0.6) is 23.0 Å². The van der Waals surface area contributed by atoms with Gasteiger partial charge in [0.15, 0.2) is 23.0 Å². The average molecular weight is 299 g/mol. The molecule has 5 nitrogen and oxygen atoms in total. The second kappa shape index (κ2) is 7.23. The average Bonchev–Trinajstić information content (AvgIpc) is 2.59. The molecule has 0 heterocycles. The first-order valence-electron chi connectivity index (χ1n) is 6.63. The van der Waals surface area contributed by atoms with Gasteiger partial charge in [0, 0.05) is 6.07 Å². The molecule has 0 radical (unpaired) electrons. The minimum atomic E-state index is 0.325. The van der Waals surface area contributed by atoms with Gasteiger partial charge in [0.25, 0.3) is 0 Å². The molecule has 2 rings (SSSR count). The number of methoxy groups -OCH3 is 3. The van der Waals surface area contributed by atoms with E-state index in [9.17, 15) is 0 Å². The van der Waals surface area contributed by atoms with Gasteiger partial charge in [-0.3, -0.25) is 0 Å². The van der Waals surface area contributed by atoms with E-state index in [-0.39, 0.29) is 0 Å². The number of nitrogens with zero attached hydrogens (tertiary/aromatic N) is 1. The Hall–Kier alpha value is -2.87. The van der Waals surface area contributed by atoms with Gasteiger partial charge in [0.05, 0.1) is 33.0 Å². The molecule has 0 saturated carbocycles. The Kier molecular flexibility index (Phi) is 5.10. The highest BCUT2D eigenvalue weighted by Crippen LogP contribution is 2.31. The van der Waals surface area contributed by atoms with Crippen LogP contribution in [0.15, 0.2) is 36.4 Å². The van der Waals surface area contributed by atoms with E-state index in [1.807, 2.05) is 18.2 Å². The summed E-state index contributed by atoms with van der Waals surface area (Å²) in [6.07, 6.45) is 0. The Morgan fingerprint density at radius 2 is 1.45 bits per heavy atom. The summed E-state index contributed by atoms with van der Waals surface area (Å²) in [5.41, 5.74) is 1.44. The van der Waals surface area contributed by atoms with E-state index >= 15 is 0 Å². The van der Waals surface area contributed by atoms with Gasteiger partial charge in [-0.1, -0.05) is 6.07 Å². The van der Waals surface area contributed by atoms with Crippen LogP contribution in [0.25, 0.3) is 0 Å². The lowest BCUT2D eigenvalue weighted by Crippen LogP contribution is -1.99. The Labute approximate surface area is 129 Å². The van der Waals surface area contributed by atoms with Gasteiger partial charge >= 0.3 is 0 Å². The molecule has 0 bridgehead atoms. The molecule has 0 aromatic heterocycles. The first kappa shape index (κ1) is 15.5. The maximum absolute atomic E-state index is 8.96. The lowest BCUT2D eigenvalue weighted by Gasteiger charge is -2.12. The number of benzene rings is 2. The number of hydrogen-bond donors (Lipinski definition) is 0. The Morgan fingerprint density at radius 1 is 0.818 bits per heavy atom. The first-order chi connectivity index (χ1) is 10.7. The van der Waals surface area contributed by atoms with Crippen LogP contribution in [0.2, 0.25) is 0 Å². The molecule has 2 aromatic carbocycles. The maximum Gasteiger partial charge on any atom is 0.162 e. The normalized spacial score (nSPS) is 9.73. The number of rotatable bonds is 6. The highest BCUT2D eigenvalue weighted by Gasteiger charge is 2.08. The number of ether oxygens (including phenoxy) is 4. The zero-order valence-electron chi connectivity index (χ0n) is 12.8. The lowest BCUT2D eigenvalue weighted by atomic mass is 10.2. The van der Waals surface area contributed by atoms with Crippen molar-refractivity contribution in [2.24, 2.45) is 0 Å². The van der Waals surface area contributed by atoms with E-state index in [0.717, 1.165) is 5.56 Å². The third-order valence-electron chi connectivity index (χ3n) is 3.14. The second-order valence-electron chi connectivity index (χ2n) is 4.46. The smallest absolute Gasteiger partial charge is 0.162 e. The van der Waals surface area contributed by atoms with Crippen molar-refractivity contribution in [2.75, 3.05) is 21.3 Å². The molecule has 0 unspecified atom stereocenters. The monoisotopic (exact) mass is 299 g/mol. The van der Waals surface area contributed by atoms with Crippen LogP contribution in [-0.2, 0) is 6.61 Å². The van der Waals surface area contributed by atoms with Crippen molar-refractivity contribution in [3.8, 4) is 29.1 Å². The van der Waals surface area contributed by atoms with Crippen LogP contribution in [0.4, 0.5) is 0 Å². The summed E-state index contributed by atoms with van der Waals surface area (Å²) in [4.78, 5) is 0. The Balaban J connectivity index is 2.18. The topological polar surface area (TPSA) is 60.7 Å². The third-order valence-corrected chi connectivity index (χ3v) is 3.14.